The Bertz CT molecular complexity index is 473. The lowest BCUT2D eigenvalue weighted by Crippen LogP contribution is -2.38. The first-order chi connectivity index (χ1) is 9.25. The maximum absolute atomic E-state index is 12.3. The molecule has 0 aromatic heterocycles. The Hall–Kier alpha value is -1.06. The molecule has 0 bridgehead atoms. The van der Waals surface area contributed by atoms with Crippen molar-refractivity contribution >= 4 is 17.5 Å². The zero-order chi connectivity index (χ0) is 13.2. The normalized spacial score (nSPS) is 22.8. The van der Waals surface area contributed by atoms with Gasteiger partial charge in [-0.15, -0.1) is 0 Å². The van der Waals surface area contributed by atoms with Crippen LogP contribution in [0.5, 0.6) is 0 Å². The second kappa shape index (κ2) is 5.51. The van der Waals surface area contributed by atoms with Crippen molar-refractivity contribution < 1.29 is 4.79 Å². The van der Waals surface area contributed by atoms with Gasteiger partial charge >= 0.3 is 0 Å². The molecule has 3 nitrogen and oxygen atoms in total. The summed E-state index contributed by atoms with van der Waals surface area (Å²) in [4.78, 5) is 14.3. The van der Waals surface area contributed by atoms with E-state index in [1.807, 2.05) is 29.2 Å². The first-order valence-corrected chi connectivity index (χ1v) is 7.41. The predicted molar refractivity (Wildman–Crippen MR) is 76.2 cm³/mol. The summed E-state index contributed by atoms with van der Waals surface area (Å²) in [5, 5.41) is 4.06. The molecule has 1 unspecified atom stereocenters. The third-order valence-corrected chi connectivity index (χ3v) is 4.30. The number of rotatable bonds is 4. The number of nitrogens with zero attached hydrogens (tertiary/aromatic N) is 1. The van der Waals surface area contributed by atoms with Gasteiger partial charge in [0.1, 0.15) is 0 Å². The van der Waals surface area contributed by atoms with Crippen LogP contribution in [0, 0.1) is 0 Å². The van der Waals surface area contributed by atoms with E-state index in [0.717, 1.165) is 30.0 Å². The third kappa shape index (κ3) is 2.93. The van der Waals surface area contributed by atoms with Crippen LogP contribution >= 0.6 is 11.6 Å². The Labute approximate surface area is 118 Å². The van der Waals surface area contributed by atoms with E-state index in [2.05, 4.69) is 5.32 Å². The van der Waals surface area contributed by atoms with E-state index in [4.69, 9.17) is 11.6 Å². The van der Waals surface area contributed by atoms with Crippen LogP contribution in [0.1, 0.15) is 37.3 Å². The quantitative estimate of drug-likeness (QED) is 0.918. The van der Waals surface area contributed by atoms with E-state index in [0.29, 0.717) is 12.6 Å². The molecule has 1 aliphatic carbocycles. The molecule has 1 aromatic carbocycles. The van der Waals surface area contributed by atoms with Gasteiger partial charge in [-0.1, -0.05) is 29.8 Å². The second-order valence-electron chi connectivity index (χ2n) is 5.42. The van der Waals surface area contributed by atoms with Crippen molar-refractivity contribution in [3.05, 3.63) is 34.9 Å². The van der Waals surface area contributed by atoms with Gasteiger partial charge < -0.3 is 10.2 Å². The molecule has 1 aliphatic heterocycles. The number of amides is 1. The maximum Gasteiger partial charge on any atom is 0.237 e. The topological polar surface area (TPSA) is 32.3 Å². The first-order valence-electron chi connectivity index (χ1n) is 7.03. The first kappa shape index (κ1) is 12.9. The van der Waals surface area contributed by atoms with E-state index in [9.17, 15) is 4.79 Å². The molecule has 1 amide bonds. The number of likely N-dealkylation sites (tertiary alicyclic amines) is 1. The van der Waals surface area contributed by atoms with Crippen molar-refractivity contribution in [2.75, 3.05) is 13.1 Å². The lowest BCUT2D eigenvalue weighted by Gasteiger charge is -2.26. The number of hydrogen-bond acceptors (Lipinski definition) is 2. The van der Waals surface area contributed by atoms with Gasteiger partial charge in [0, 0.05) is 17.6 Å². The van der Waals surface area contributed by atoms with Crippen molar-refractivity contribution in [1.82, 2.24) is 10.2 Å². The smallest absolute Gasteiger partial charge is 0.237 e. The molecule has 1 saturated carbocycles. The van der Waals surface area contributed by atoms with Crippen LogP contribution in [0.25, 0.3) is 0 Å². The van der Waals surface area contributed by atoms with E-state index in [1.165, 1.54) is 12.8 Å². The number of halogens is 1. The SMILES string of the molecule is O=C(CNC1CC1)N1CCCC1c1ccccc1Cl. The van der Waals surface area contributed by atoms with Crippen molar-refractivity contribution in [1.29, 1.82) is 0 Å². The van der Waals surface area contributed by atoms with Gasteiger partial charge in [-0.2, -0.15) is 0 Å². The minimum Gasteiger partial charge on any atom is -0.334 e. The molecule has 1 atom stereocenters. The molecule has 102 valence electrons. The summed E-state index contributed by atoms with van der Waals surface area (Å²) in [7, 11) is 0. The Kier molecular flexibility index (Phi) is 3.76. The number of nitrogens with one attached hydrogen (secondary N) is 1. The summed E-state index contributed by atoms with van der Waals surface area (Å²) in [5.74, 6) is 0.203. The monoisotopic (exact) mass is 278 g/mol. The molecule has 2 fully saturated rings. The highest BCUT2D eigenvalue weighted by Crippen LogP contribution is 2.35. The van der Waals surface area contributed by atoms with Crippen LogP contribution < -0.4 is 5.32 Å². The van der Waals surface area contributed by atoms with Gasteiger partial charge in [0.05, 0.1) is 12.6 Å². The molecule has 0 radical (unpaired) electrons. The van der Waals surface area contributed by atoms with Crippen molar-refractivity contribution in [2.45, 2.75) is 37.8 Å². The minimum absolute atomic E-state index is 0.155. The van der Waals surface area contributed by atoms with E-state index in [-0.39, 0.29) is 11.9 Å². The molecular formula is C15H19ClN2O. The molecule has 1 heterocycles. The molecule has 3 rings (SSSR count). The second-order valence-corrected chi connectivity index (χ2v) is 5.83. The van der Waals surface area contributed by atoms with Crippen LogP contribution in [0.3, 0.4) is 0 Å². The molecule has 1 aromatic rings. The molecule has 2 aliphatic rings. The van der Waals surface area contributed by atoms with Crippen LogP contribution in [0.4, 0.5) is 0 Å². The Morgan fingerprint density at radius 2 is 2.11 bits per heavy atom. The summed E-state index contributed by atoms with van der Waals surface area (Å²) in [6.07, 6.45) is 4.49. The highest BCUT2D eigenvalue weighted by atomic mass is 35.5. The Morgan fingerprint density at radius 1 is 1.32 bits per heavy atom. The van der Waals surface area contributed by atoms with Crippen molar-refractivity contribution in [2.24, 2.45) is 0 Å². The van der Waals surface area contributed by atoms with Crippen LogP contribution in [-0.4, -0.2) is 29.9 Å². The maximum atomic E-state index is 12.3. The summed E-state index contributed by atoms with van der Waals surface area (Å²) in [5.41, 5.74) is 1.08. The number of carbonyl (C=O) groups is 1. The fraction of sp³-hybridized carbons (Fsp3) is 0.533. The fourth-order valence-electron chi connectivity index (χ4n) is 2.75. The van der Waals surface area contributed by atoms with Crippen LogP contribution in [0.15, 0.2) is 24.3 Å². The van der Waals surface area contributed by atoms with Gasteiger partial charge in [-0.3, -0.25) is 4.79 Å². The number of hydrogen-bond donors (Lipinski definition) is 1. The third-order valence-electron chi connectivity index (χ3n) is 3.96. The molecule has 19 heavy (non-hydrogen) atoms. The summed E-state index contributed by atoms with van der Waals surface area (Å²) >= 11 is 6.26. The van der Waals surface area contributed by atoms with Gasteiger partial charge in [-0.05, 0) is 37.3 Å². The van der Waals surface area contributed by atoms with Crippen LogP contribution in [0.2, 0.25) is 5.02 Å². The summed E-state index contributed by atoms with van der Waals surface area (Å²) in [6, 6.07) is 8.59. The summed E-state index contributed by atoms with van der Waals surface area (Å²) in [6.45, 7) is 1.31. The highest BCUT2D eigenvalue weighted by molar-refractivity contribution is 6.31. The lowest BCUT2D eigenvalue weighted by molar-refractivity contribution is -0.131. The number of benzene rings is 1. The van der Waals surface area contributed by atoms with Crippen LogP contribution in [-0.2, 0) is 4.79 Å². The number of carbonyl (C=O) groups excluding carboxylic acids is 1. The largest absolute Gasteiger partial charge is 0.334 e. The summed E-state index contributed by atoms with van der Waals surface area (Å²) < 4.78 is 0. The Balaban J connectivity index is 1.70. The Morgan fingerprint density at radius 3 is 2.84 bits per heavy atom. The molecular weight excluding hydrogens is 260 g/mol. The zero-order valence-corrected chi connectivity index (χ0v) is 11.7. The minimum atomic E-state index is 0.155. The van der Waals surface area contributed by atoms with Crippen molar-refractivity contribution in [3.8, 4) is 0 Å². The average Bonchev–Trinajstić information content (AvgIpc) is 3.12. The standard InChI is InChI=1S/C15H19ClN2O/c16-13-5-2-1-4-12(13)14-6-3-9-18(14)15(19)10-17-11-7-8-11/h1-2,4-5,11,14,17H,3,6-10H2. The fourth-order valence-corrected chi connectivity index (χ4v) is 3.02. The zero-order valence-electron chi connectivity index (χ0n) is 10.9. The van der Waals surface area contributed by atoms with Gasteiger partial charge in [0.15, 0.2) is 0 Å². The van der Waals surface area contributed by atoms with E-state index < -0.39 is 0 Å². The van der Waals surface area contributed by atoms with E-state index >= 15 is 0 Å². The molecule has 4 heteroatoms. The van der Waals surface area contributed by atoms with Gasteiger partial charge in [-0.25, -0.2) is 0 Å². The molecule has 0 spiro atoms. The highest BCUT2D eigenvalue weighted by Gasteiger charge is 2.31. The molecule has 1 saturated heterocycles. The predicted octanol–water partition coefficient (Wildman–Crippen LogP) is 2.76. The van der Waals surface area contributed by atoms with E-state index in [1.54, 1.807) is 0 Å². The van der Waals surface area contributed by atoms with Gasteiger partial charge in [0.2, 0.25) is 5.91 Å². The lowest BCUT2D eigenvalue weighted by atomic mass is 10.0. The van der Waals surface area contributed by atoms with Crippen molar-refractivity contribution in [3.63, 3.8) is 0 Å². The average molecular weight is 279 g/mol. The molecule has 1 N–H and O–H groups in total. The van der Waals surface area contributed by atoms with Gasteiger partial charge in [0.25, 0.3) is 0 Å².